The topological polar surface area (TPSA) is 42.0 Å². The van der Waals surface area contributed by atoms with Gasteiger partial charge in [-0.25, -0.2) is 0 Å². The summed E-state index contributed by atoms with van der Waals surface area (Å²) in [5, 5.41) is 2.86. The van der Waals surface area contributed by atoms with Crippen molar-refractivity contribution in [2.24, 2.45) is 0 Å². The first kappa shape index (κ1) is 14.1. The Bertz CT molecular complexity index is 599. The molecule has 0 bridgehead atoms. The summed E-state index contributed by atoms with van der Waals surface area (Å²) in [7, 11) is 0. The zero-order valence-electron chi connectivity index (χ0n) is 10.4. The van der Waals surface area contributed by atoms with Crippen molar-refractivity contribution in [3.05, 3.63) is 57.8 Å². The highest BCUT2D eigenvalue weighted by molar-refractivity contribution is 9.10. The van der Waals surface area contributed by atoms with Crippen molar-refractivity contribution < 1.29 is 4.79 Å². The SMILES string of the molecule is Cc1ccc(CNC(=O)c2cc(S)ccc2Br)cn1. The Kier molecular flexibility index (Phi) is 4.61. The van der Waals surface area contributed by atoms with Gasteiger partial charge in [0.05, 0.1) is 5.56 Å². The molecule has 0 aliphatic heterocycles. The van der Waals surface area contributed by atoms with Crippen molar-refractivity contribution in [1.29, 1.82) is 0 Å². The second-order valence-corrected chi connectivity index (χ2v) is 5.53. The molecule has 0 saturated carbocycles. The maximum atomic E-state index is 12.1. The molecule has 2 aromatic rings. The number of halogens is 1. The van der Waals surface area contributed by atoms with Crippen molar-refractivity contribution in [2.75, 3.05) is 0 Å². The highest BCUT2D eigenvalue weighted by Crippen LogP contribution is 2.20. The van der Waals surface area contributed by atoms with E-state index in [1.165, 1.54) is 0 Å². The first-order chi connectivity index (χ1) is 9.06. The van der Waals surface area contributed by atoms with Crippen molar-refractivity contribution >= 4 is 34.5 Å². The van der Waals surface area contributed by atoms with E-state index in [9.17, 15) is 4.79 Å². The van der Waals surface area contributed by atoms with E-state index in [1.807, 2.05) is 31.2 Å². The molecule has 2 rings (SSSR count). The molecule has 1 aromatic carbocycles. The summed E-state index contributed by atoms with van der Waals surface area (Å²) in [5.41, 5.74) is 2.50. The zero-order chi connectivity index (χ0) is 13.8. The summed E-state index contributed by atoms with van der Waals surface area (Å²) < 4.78 is 0.754. The number of aryl methyl sites for hydroxylation is 1. The fraction of sp³-hybridized carbons (Fsp3) is 0.143. The lowest BCUT2D eigenvalue weighted by Crippen LogP contribution is -2.23. The van der Waals surface area contributed by atoms with Crippen molar-refractivity contribution in [3.63, 3.8) is 0 Å². The minimum Gasteiger partial charge on any atom is -0.348 e. The molecule has 0 unspecified atom stereocenters. The van der Waals surface area contributed by atoms with Crippen LogP contribution in [-0.4, -0.2) is 10.9 Å². The molecule has 1 N–H and O–H groups in total. The summed E-state index contributed by atoms with van der Waals surface area (Å²) in [6, 6.07) is 9.24. The number of carbonyl (C=O) groups excluding carboxylic acids is 1. The number of thiol groups is 1. The lowest BCUT2D eigenvalue weighted by molar-refractivity contribution is 0.0950. The predicted molar refractivity (Wildman–Crippen MR) is 81.5 cm³/mol. The number of pyridine rings is 1. The van der Waals surface area contributed by atoms with Crippen molar-refractivity contribution in [2.45, 2.75) is 18.4 Å². The van der Waals surface area contributed by atoms with E-state index in [4.69, 9.17) is 0 Å². The van der Waals surface area contributed by atoms with Crippen LogP contribution in [0.4, 0.5) is 0 Å². The molecule has 0 atom stereocenters. The van der Waals surface area contributed by atoms with Gasteiger partial charge >= 0.3 is 0 Å². The van der Waals surface area contributed by atoms with Gasteiger partial charge in [-0.3, -0.25) is 9.78 Å². The molecule has 1 aromatic heterocycles. The van der Waals surface area contributed by atoms with Crippen LogP contribution in [0.1, 0.15) is 21.6 Å². The van der Waals surface area contributed by atoms with Gasteiger partial charge in [-0.05, 0) is 52.7 Å². The Morgan fingerprint density at radius 3 is 2.84 bits per heavy atom. The second kappa shape index (κ2) is 6.21. The highest BCUT2D eigenvalue weighted by Gasteiger charge is 2.09. The van der Waals surface area contributed by atoms with Crippen LogP contribution in [-0.2, 0) is 6.54 Å². The molecule has 0 saturated heterocycles. The van der Waals surface area contributed by atoms with Crippen LogP contribution in [0.15, 0.2) is 45.9 Å². The number of hydrogen-bond donors (Lipinski definition) is 2. The van der Waals surface area contributed by atoms with E-state index in [2.05, 4.69) is 38.9 Å². The molecule has 3 nitrogen and oxygen atoms in total. The minimum absolute atomic E-state index is 0.136. The minimum atomic E-state index is -0.136. The van der Waals surface area contributed by atoms with Gasteiger partial charge in [0.25, 0.3) is 5.91 Å². The molecule has 19 heavy (non-hydrogen) atoms. The summed E-state index contributed by atoms with van der Waals surface area (Å²) in [5.74, 6) is -0.136. The molecule has 0 radical (unpaired) electrons. The van der Waals surface area contributed by atoms with Crippen molar-refractivity contribution in [3.8, 4) is 0 Å². The fourth-order valence-corrected chi connectivity index (χ4v) is 2.20. The van der Waals surface area contributed by atoms with E-state index < -0.39 is 0 Å². The third kappa shape index (κ3) is 3.81. The molecule has 1 amide bonds. The third-order valence-electron chi connectivity index (χ3n) is 2.62. The largest absolute Gasteiger partial charge is 0.348 e. The Morgan fingerprint density at radius 2 is 2.16 bits per heavy atom. The van der Waals surface area contributed by atoms with E-state index in [0.717, 1.165) is 20.6 Å². The van der Waals surface area contributed by atoms with Crippen LogP contribution < -0.4 is 5.32 Å². The lowest BCUT2D eigenvalue weighted by Gasteiger charge is -2.07. The quantitative estimate of drug-likeness (QED) is 0.844. The smallest absolute Gasteiger partial charge is 0.252 e. The van der Waals surface area contributed by atoms with E-state index >= 15 is 0 Å². The van der Waals surface area contributed by atoms with Crippen LogP contribution in [0.25, 0.3) is 0 Å². The molecule has 1 heterocycles. The second-order valence-electron chi connectivity index (χ2n) is 4.15. The number of nitrogens with one attached hydrogen (secondary N) is 1. The van der Waals surface area contributed by atoms with Gasteiger partial charge in [0.15, 0.2) is 0 Å². The van der Waals surface area contributed by atoms with Gasteiger partial charge < -0.3 is 5.32 Å². The molecule has 0 aliphatic rings. The van der Waals surface area contributed by atoms with Gasteiger partial charge in [0.2, 0.25) is 0 Å². The first-order valence-electron chi connectivity index (χ1n) is 5.74. The van der Waals surface area contributed by atoms with E-state index in [-0.39, 0.29) is 5.91 Å². The molecule has 5 heteroatoms. The number of nitrogens with zero attached hydrogens (tertiary/aromatic N) is 1. The summed E-state index contributed by atoms with van der Waals surface area (Å²) in [6.07, 6.45) is 1.76. The van der Waals surface area contributed by atoms with E-state index in [0.29, 0.717) is 12.1 Å². The van der Waals surface area contributed by atoms with E-state index in [1.54, 1.807) is 12.3 Å². The molecular weight excluding hydrogens is 324 g/mol. The van der Waals surface area contributed by atoms with Gasteiger partial charge in [0, 0.05) is 27.8 Å². The summed E-state index contributed by atoms with van der Waals surface area (Å²) in [4.78, 5) is 17.0. The van der Waals surface area contributed by atoms with Gasteiger partial charge in [-0.2, -0.15) is 0 Å². The molecule has 98 valence electrons. The van der Waals surface area contributed by atoms with Gasteiger partial charge in [-0.1, -0.05) is 6.07 Å². The number of rotatable bonds is 3. The summed E-state index contributed by atoms with van der Waals surface area (Å²) in [6.45, 7) is 2.38. The molecular formula is C14H13BrN2OS. The van der Waals surface area contributed by atoms with Crippen LogP contribution in [0.5, 0.6) is 0 Å². The average Bonchev–Trinajstić information content (AvgIpc) is 2.40. The molecule has 0 fully saturated rings. The number of aromatic nitrogens is 1. The number of hydrogen-bond acceptors (Lipinski definition) is 3. The zero-order valence-corrected chi connectivity index (χ0v) is 12.8. The van der Waals surface area contributed by atoms with Gasteiger partial charge in [-0.15, -0.1) is 12.6 Å². The average molecular weight is 337 g/mol. The van der Waals surface area contributed by atoms with Crippen LogP contribution >= 0.6 is 28.6 Å². The Labute approximate surface area is 126 Å². The Balaban J connectivity index is 2.05. The fourth-order valence-electron chi connectivity index (χ4n) is 1.57. The van der Waals surface area contributed by atoms with Crippen LogP contribution in [0.3, 0.4) is 0 Å². The number of carbonyl (C=O) groups is 1. The maximum absolute atomic E-state index is 12.1. The normalized spacial score (nSPS) is 10.3. The third-order valence-corrected chi connectivity index (χ3v) is 3.59. The Morgan fingerprint density at radius 1 is 1.37 bits per heavy atom. The van der Waals surface area contributed by atoms with Crippen LogP contribution in [0.2, 0.25) is 0 Å². The highest BCUT2D eigenvalue weighted by atomic mass is 79.9. The monoisotopic (exact) mass is 336 g/mol. The lowest BCUT2D eigenvalue weighted by atomic mass is 10.2. The number of amides is 1. The van der Waals surface area contributed by atoms with Crippen molar-refractivity contribution in [1.82, 2.24) is 10.3 Å². The first-order valence-corrected chi connectivity index (χ1v) is 6.98. The standard InChI is InChI=1S/C14H13BrN2OS/c1-9-2-3-10(7-16-9)8-17-14(18)12-6-11(19)4-5-13(12)15/h2-7,19H,8H2,1H3,(H,17,18). The molecule has 0 spiro atoms. The predicted octanol–water partition coefficient (Wildman–Crippen LogP) is 3.37. The van der Waals surface area contributed by atoms with Gasteiger partial charge in [0.1, 0.15) is 0 Å². The Hall–Kier alpha value is -1.33. The summed E-state index contributed by atoms with van der Waals surface area (Å²) >= 11 is 7.59. The molecule has 0 aliphatic carbocycles. The maximum Gasteiger partial charge on any atom is 0.252 e. The van der Waals surface area contributed by atoms with Crippen LogP contribution in [0, 0.1) is 6.92 Å². The number of benzene rings is 1.